The molecule has 0 atom stereocenters. The molecular formula is C15H22N4O2S. The second-order valence-electron chi connectivity index (χ2n) is 5.13. The number of thiazole rings is 1. The predicted octanol–water partition coefficient (Wildman–Crippen LogP) is 2.85. The highest BCUT2D eigenvalue weighted by Gasteiger charge is 2.15. The molecule has 0 radical (unpaired) electrons. The summed E-state index contributed by atoms with van der Waals surface area (Å²) in [6.45, 7) is 9.13. The quantitative estimate of drug-likeness (QED) is 0.766. The van der Waals surface area contributed by atoms with Crippen molar-refractivity contribution in [1.29, 1.82) is 0 Å². The normalized spacial score (nSPS) is 10.7. The van der Waals surface area contributed by atoms with Crippen LogP contribution >= 0.6 is 11.3 Å². The monoisotopic (exact) mass is 322 g/mol. The van der Waals surface area contributed by atoms with Crippen molar-refractivity contribution in [3.05, 3.63) is 27.6 Å². The fraction of sp³-hybridized carbons (Fsp3) is 0.533. The molecule has 0 aromatic carbocycles. The van der Waals surface area contributed by atoms with E-state index in [1.165, 1.54) is 11.3 Å². The highest BCUT2D eigenvalue weighted by atomic mass is 32.1. The third-order valence-corrected chi connectivity index (χ3v) is 4.52. The van der Waals surface area contributed by atoms with Gasteiger partial charge in [0.25, 0.3) is 5.91 Å². The van der Waals surface area contributed by atoms with E-state index in [0.29, 0.717) is 11.4 Å². The average molecular weight is 322 g/mol. The number of nitrogens with one attached hydrogen (secondary N) is 2. The Morgan fingerprint density at radius 2 is 2.05 bits per heavy atom. The first-order valence-electron chi connectivity index (χ1n) is 7.44. The number of hydrogen-bond acceptors (Lipinski definition) is 6. The van der Waals surface area contributed by atoms with Gasteiger partial charge in [0.1, 0.15) is 10.6 Å². The van der Waals surface area contributed by atoms with Gasteiger partial charge in [-0.1, -0.05) is 16.5 Å². The summed E-state index contributed by atoms with van der Waals surface area (Å²) in [5.74, 6) is 0.801. The third kappa shape index (κ3) is 3.85. The van der Waals surface area contributed by atoms with Crippen molar-refractivity contribution in [3.8, 4) is 0 Å². The van der Waals surface area contributed by atoms with Crippen molar-refractivity contribution in [3.63, 3.8) is 0 Å². The summed E-state index contributed by atoms with van der Waals surface area (Å²) in [5, 5.41) is 10.8. The molecule has 0 saturated heterocycles. The highest BCUT2D eigenvalue weighted by Crippen LogP contribution is 2.22. The largest absolute Gasteiger partial charge is 0.362 e. The number of nitrogens with zero attached hydrogens (tertiary/aromatic N) is 2. The smallest absolute Gasteiger partial charge is 0.263 e. The van der Waals surface area contributed by atoms with E-state index in [1.54, 1.807) is 0 Å². The molecule has 1 amide bonds. The van der Waals surface area contributed by atoms with Crippen LogP contribution in [0.3, 0.4) is 0 Å². The van der Waals surface area contributed by atoms with Gasteiger partial charge >= 0.3 is 0 Å². The molecule has 0 spiro atoms. The molecule has 2 aromatic rings. The highest BCUT2D eigenvalue weighted by molar-refractivity contribution is 7.17. The van der Waals surface area contributed by atoms with Crippen LogP contribution in [0.15, 0.2) is 4.52 Å². The maximum Gasteiger partial charge on any atom is 0.263 e. The lowest BCUT2D eigenvalue weighted by atomic mass is 10.1. The van der Waals surface area contributed by atoms with E-state index in [1.807, 2.05) is 27.7 Å². The number of aromatic nitrogens is 2. The van der Waals surface area contributed by atoms with Crippen LogP contribution in [0.4, 0.5) is 5.13 Å². The molecule has 2 N–H and O–H groups in total. The molecule has 7 heteroatoms. The maximum atomic E-state index is 12.2. The van der Waals surface area contributed by atoms with Crippen LogP contribution in [0.25, 0.3) is 0 Å². The Balaban J connectivity index is 1.83. The van der Waals surface area contributed by atoms with Crippen LogP contribution in [0.5, 0.6) is 0 Å². The average Bonchev–Trinajstić information content (AvgIpc) is 2.99. The van der Waals surface area contributed by atoms with Crippen molar-refractivity contribution in [2.75, 3.05) is 18.4 Å². The zero-order chi connectivity index (χ0) is 16.1. The molecule has 0 fully saturated rings. The molecule has 0 aliphatic heterocycles. The van der Waals surface area contributed by atoms with Gasteiger partial charge in [0.15, 0.2) is 5.13 Å². The van der Waals surface area contributed by atoms with Crippen LogP contribution in [0.2, 0.25) is 0 Å². The third-order valence-electron chi connectivity index (χ3n) is 3.40. The Kier molecular flexibility index (Phi) is 5.54. The standard InChI is InChI=1S/C15H22N4O2S/c1-5-16-15-18-10(3)13(22-15)14(20)17-8-6-7-12-9(2)19-21-11(12)4/h5-8H2,1-4H3,(H,16,18)(H,17,20). The summed E-state index contributed by atoms with van der Waals surface area (Å²) in [4.78, 5) is 17.2. The van der Waals surface area contributed by atoms with Crippen LogP contribution in [-0.4, -0.2) is 29.1 Å². The Labute approximate surface area is 134 Å². The van der Waals surface area contributed by atoms with E-state index in [9.17, 15) is 4.79 Å². The first-order chi connectivity index (χ1) is 10.5. The molecule has 0 aliphatic rings. The van der Waals surface area contributed by atoms with Crippen LogP contribution < -0.4 is 10.6 Å². The molecule has 0 unspecified atom stereocenters. The van der Waals surface area contributed by atoms with Gasteiger partial charge in [-0.15, -0.1) is 0 Å². The van der Waals surface area contributed by atoms with Crippen molar-refractivity contribution >= 4 is 22.4 Å². The fourth-order valence-corrected chi connectivity index (χ4v) is 3.19. The van der Waals surface area contributed by atoms with Gasteiger partial charge < -0.3 is 15.2 Å². The minimum Gasteiger partial charge on any atom is -0.362 e. The minimum atomic E-state index is -0.0575. The van der Waals surface area contributed by atoms with Gasteiger partial charge in [-0.3, -0.25) is 4.79 Å². The van der Waals surface area contributed by atoms with Crippen molar-refractivity contribution in [2.24, 2.45) is 0 Å². The predicted molar refractivity (Wildman–Crippen MR) is 87.6 cm³/mol. The Morgan fingerprint density at radius 3 is 2.68 bits per heavy atom. The molecule has 0 bridgehead atoms. The molecule has 2 aromatic heterocycles. The number of hydrogen-bond donors (Lipinski definition) is 2. The molecular weight excluding hydrogens is 300 g/mol. The lowest BCUT2D eigenvalue weighted by Crippen LogP contribution is -2.24. The summed E-state index contributed by atoms with van der Waals surface area (Å²) in [6.07, 6.45) is 1.71. The van der Waals surface area contributed by atoms with Gasteiger partial charge in [0, 0.05) is 18.7 Å². The van der Waals surface area contributed by atoms with Gasteiger partial charge in [0.2, 0.25) is 0 Å². The topological polar surface area (TPSA) is 80.0 Å². The van der Waals surface area contributed by atoms with E-state index in [4.69, 9.17) is 4.52 Å². The Hall–Kier alpha value is -1.89. The molecule has 0 aliphatic carbocycles. The van der Waals surface area contributed by atoms with E-state index in [-0.39, 0.29) is 5.91 Å². The molecule has 2 heterocycles. The van der Waals surface area contributed by atoms with Crippen molar-refractivity contribution in [2.45, 2.75) is 40.5 Å². The van der Waals surface area contributed by atoms with E-state index >= 15 is 0 Å². The SMILES string of the molecule is CCNc1nc(C)c(C(=O)NCCCc2c(C)noc2C)s1. The second-order valence-corrected chi connectivity index (χ2v) is 6.13. The summed E-state index contributed by atoms with van der Waals surface area (Å²) >= 11 is 1.39. The second kappa shape index (κ2) is 7.40. The molecule has 2 rings (SSSR count). The summed E-state index contributed by atoms with van der Waals surface area (Å²) in [6, 6.07) is 0. The van der Waals surface area contributed by atoms with Gasteiger partial charge in [-0.2, -0.15) is 0 Å². The molecule has 6 nitrogen and oxygen atoms in total. The summed E-state index contributed by atoms with van der Waals surface area (Å²) < 4.78 is 5.13. The van der Waals surface area contributed by atoms with Crippen LogP contribution in [-0.2, 0) is 6.42 Å². The zero-order valence-electron chi connectivity index (χ0n) is 13.4. The minimum absolute atomic E-state index is 0.0575. The van der Waals surface area contributed by atoms with E-state index in [0.717, 1.165) is 47.2 Å². The fourth-order valence-electron chi connectivity index (χ4n) is 2.24. The maximum absolute atomic E-state index is 12.2. The van der Waals surface area contributed by atoms with Crippen LogP contribution in [0.1, 0.15) is 45.7 Å². The molecule has 22 heavy (non-hydrogen) atoms. The number of anilines is 1. The lowest BCUT2D eigenvalue weighted by molar-refractivity contribution is 0.0956. The molecule has 120 valence electrons. The van der Waals surface area contributed by atoms with Crippen molar-refractivity contribution < 1.29 is 9.32 Å². The number of amides is 1. The van der Waals surface area contributed by atoms with E-state index in [2.05, 4.69) is 20.8 Å². The first kappa shape index (κ1) is 16.5. The van der Waals surface area contributed by atoms with Crippen LogP contribution in [0, 0.1) is 20.8 Å². The Bertz CT molecular complexity index is 629. The first-order valence-corrected chi connectivity index (χ1v) is 8.25. The number of carbonyl (C=O) groups is 1. The van der Waals surface area contributed by atoms with Crippen molar-refractivity contribution in [1.82, 2.24) is 15.5 Å². The zero-order valence-corrected chi connectivity index (χ0v) is 14.3. The number of aryl methyl sites for hydroxylation is 3. The molecule has 0 saturated carbocycles. The number of rotatable bonds is 7. The summed E-state index contributed by atoms with van der Waals surface area (Å²) in [7, 11) is 0. The van der Waals surface area contributed by atoms with Gasteiger partial charge in [-0.05, 0) is 40.5 Å². The van der Waals surface area contributed by atoms with Gasteiger partial charge in [-0.25, -0.2) is 4.98 Å². The van der Waals surface area contributed by atoms with E-state index < -0.39 is 0 Å². The Morgan fingerprint density at radius 1 is 1.27 bits per heavy atom. The van der Waals surface area contributed by atoms with Gasteiger partial charge in [0.05, 0.1) is 11.4 Å². The summed E-state index contributed by atoms with van der Waals surface area (Å²) in [5.41, 5.74) is 2.83. The lowest BCUT2D eigenvalue weighted by Gasteiger charge is -2.04. The number of carbonyl (C=O) groups excluding carboxylic acids is 1.